The molecule has 0 heterocycles. The fourth-order valence-electron chi connectivity index (χ4n) is 1.81. The molecule has 1 saturated carbocycles. The molecule has 0 amide bonds. The van der Waals surface area contributed by atoms with Gasteiger partial charge in [0.15, 0.2) is 0 Å². The minimum Gasteiger partial charge on any atom is -0.478 e. The number of hydrogen-bond acceptors (Lipinski definition) is 3. The zero-order chi connectivity index (χ0) is 13.3. The lowest BCUT2D eigenvalue weighted by atomic mass is 9.94. The first-order valence-electron chi connectivity index (χ1n) is 5.76. The zero-order valence-corrected chi connectivity index (χ0v) is 10.8. The third kappa shape index (κ3) is 2.54. The van der Waals surface area contributed by atoms with Crippen LogP contribution < -0.4 is 4.72 Å². The Kier molecular flexibility index (Phi) is 3.41. The van der Waals surface area contributed by atoms with E-state index in [4.69, 9.17) is 5.11 Å². The maximum absolute atomic E-state index is 12.0. The molecule has 18 heavy (non-hydrogen) atoms. The summed E-state index contributed by atoms with van der Waals surface area (Å²) in [5, 5.41) is 8.98. The van der Waals surface area contributed by atoms with Crippen molar-refractivity contribution in [2.24, 2.45) is 0 Å². The third-order valence-electron chi connectivity index (χ3n) is 3.18. The van der Waals surface area contributed by atoms with Gasteiger partial charge in [-0.3, -0.25) is 0 Å². The SMILES string of the molecule is Cc1ccc(S(=O)(=O)NC2CCC2)cc1C(=O)O. The molecule has 2 N–H and O–H groups in total. The molecule has 0 bridgehead atoms. The first-order chi connectivity index (χ1) is 8.40. The quantitative estimate of drug-likeness (QED) is 0.868. The predicted molar refractivity (Wildman–Crippen MR) is 66.1 cm³/mol. The molecule has 2 rings (SSSR count). The van der Waals surface area contributed by atoms with Gasteiger partial charge in [0.1, 0.15) is 0 Å². The Hall–Kier alpha value is -1.40. The largest absolute Gasteiger partial charge is 0.478 e. The Morgan fingerprint density at radius 3 is 2.56 bits per heavy atom. The molecular formula is C12H15NO4S. The van der Waals surface area contributed by atoms with Crippen molar-refractivity contribution in [1.82, 2.24) is 4.72 Å². The van der Waals surface area contributed by atoms with Crippen molar-refractivity contribution < 1.29 is 18.3 Å². The number of carboxylic acid groups (broad SMARTS) is 1. The number of aromatic carboxylic acids is 1. The molecule has 0 spiro atoms. The van der Waals surface area contributed by atoms with Crippen LogP contribution in [0, 0.1) is 6.92 Å². The molecule has 0 saturated heterocycles. The number of carboxylic acids is 1. The van der Waals surface area contributed by atoms with Crippen LogP contribution in [0.5, 0.6) is 0 Å². The van der Waals surface area contributed by atoms with Gasteiger partial charge >= 0.3 is 5.97 Å². The van der Waals surface area contributed by atoms with E-state index in [2.05, 4.69) is 4.72 Å². The van der Waals surface area contributed by atoms with Gasteiger partial charge in [0.25, 0.3) is 0 Å². The number of carbonyl (C=O) groups is 1. The molecule has 0 radical (unpaired) electrons. The van der Waals surface area contributed by atoms with Gasteiger partial charge in [-0.25, -0.2) is 17.9 Å². The topological polar surface area (TPSA) is 83.5 Å². The molecule has 1 aliphatic rings. The molecular weight excluding hydrogens is 254 g/mol. The number of rotatable bonds is 4. The van der Waals surface area contributed by atoms with Gasteiger partial charge in [-0.2, -0.15) is 0 Å². The number of sulfonamides is 1. The summed E-state index contributed by atoms with van der Waals surface area (Å²) in [6.07, 6.45) is 2.72. The maximum Gasteiger partial charge on any atom is 0.335 e. The second-order valence-electron chi connectivity index (χ2n) is 4.53. The van der Waals surface area contributed by atoms with Gasteiger partial charge in [-0.05, 0) is 37.5 Å². The van der Waals surface area contributed by atoms with Crippen LogP contribution in [0.15, 0.2) is 23.1 Å². The Labute approximate surface area is 106 Å². The Morgan fingerprint density at radius 2 is 2.06 bits per heavy atom. The van der Waals surface area contributed by atoms with Crippen LogP contribution >= 0.6 is 0 Å². The van der Waals surface area contributed by atoms with Crippen LogP contribution in [-0.2, 0) is 10.0 Å². The van der Waals surface area contributed by atoms with E-state index in [-0.39, 0.29) is 16.5 Å². The standard InChI is InChI=1S/C12H15NO4S/c1-8-5-6-10(7-11(8)12(14)15)18(16,17)13-9-3-2-4-9/h5-7,9,13H,2-4H2,1H3,(H,14,15). The van der Waals surface area contributed by atoms with E-state index in [1.165, 1.54) is 18.2 Å². The van der Waals surface area contributed by atoms with Crippen molar-refractivity contribution in [3.63, 3.8) is 0 Å². The normalized spacial score (nSPS) is 16.3. The van der Waals surface area contributed by atoms with Crippen LogP contribution in [0.25, 0.3) is 0 Å². The molecule has 0 aliphatic heterocycles. The van der Waals surface area contributed by atoms with Crippen LogP contribution in [0.2, 0.25) is 0 Å². The first-order valence-corrected chi connectivity index (χ1v) is 7.25. The number of aryl methyl sites for hydroxylation is 1. The minimum atomic E-state index is -3.61. The summed E-state index contributed by atoms with van der Waals surface area (Å²) in [4.78, 5) is 11.0. The highest BCUT2D eigenvalue weighted by Gasteiger charge is 2.25. The number of benzene rings is 1. The summed E-state index contributed by atoms with van der Waals surface area (Å²) in [6, 6.07) is 4.14. The lowest BCUT2D eigenvalue weighted by molar-refractivity contribution is 0.0696. The van der Waals surface area contributed by atoms with Crippen molar-refractivity contribution in [3.8, 4) is 0 Å². The molecule has 0 atom stereocenters. The van der Waals surface area contributed by atoms with E-state index in [0.29, 0.717) is 5.56 Å². The summed E-state index contributed by atoms with van der Waals surface area (Å²) in [5.41, 5.74) is 0.566. The highest BCUT2D eigenvalue weighted by molar-refractivity contribution is 7.89. The van der Waals surface area contributed by atoms with Gasteiger partial charge in [0, 0.05) is 6.04 Å². The third-order valence-corrected chi connectivity index (χ3v) is 4.69. The smallest absolute Gasteiger partial charge is 0.335 e. The Morgan fingerprint density at radius 1 is 1.39 bits per heavy atom. The van der Waals surface area contributed by atoms with E-state index in [1.54, 1.807) is 6.92 Å². The molecule has 5 nitrogen and oxygen atoms in total. The van der Waals surface area contributed by atoms with Crippen LogP contribution in [0.1, 0.15) is 35.2 Å². The van der Waals surface area contributed by atoms with Gasteiger partial charge in [0.05, 0.1) is 10.5 Å². The summed E-state index contributed by atoms with van der Waals surface area (Å²) in [6.45, 7) is 1.64. The average Bonchev–Trinajstić information content (AvgIpc) is 2.23. The van der Waals surface area contributed by atoms with E-state index < -0.39 is 16.0 Å². The number of hydrogen-bond donors (Lipinski definition) is 2. The first kappa shape index (κ1) is 13.0. The molecule has 0 unspecified atom stereocenters. The fraction of sp³-hybridized carbons (Fsp3) is 0.417. The summed E-state index contributed by atoms with van der Waals surface area (Å²) >= 11 is 0. The van der Waals surface area contributed by atoms with E-state index in [1.807, 2.05) is 0 Å². The maximum atomic E-state index is 12.0. The summed E-state index contributed by atoms with van der Waals surface area (Å²) in [7, 11) is -3.61. The van der Waals surface area contributed by atoms with Crippen molar-refractivity contribution in [1.29, 1.82) is 0 Å². The van der Waals surface area contributed by atoms with Crippen LogP contribution in [-0.4, -0.2) is 25.5 Å². The summed E-state index contributed by atoms with van der Waals surface area (Å²) < 4.78 is 26.6. The molecule has 0 aromatic heterocycles. The van der Waals surface area contributed by atoms with Crippen molar-refractivity contribution in [3.05, 3.63) is 29.3 Å². The van der Waals surface area contributed by atoms with E-state index >= 15 is 0 Å². The Balaban J connectivity index is 2.32. The van der Waals surface area contributed by atoms with E-state index in [9.17, 15) is 13.2 Å². The fourth-order valence-corrected chi connectivity index (χ4v) is 3.14. The van der Waals surface area contributed by atoms with Gasteiger partial charge < -0.3 is 5.11 Å². The number of nitrogens with one attached hydrogen (secondary N) is 1. The van der Waals surface area contributed by atoms with Crippen molar-refractivity contribution >= 4 is 16.0 Å². The van der Waals surface area contributed by atoms with Gasteiger partial charge in [0.2, 0.25) is 10.0 Å². The molecule has 1 fully saturated rings. The summed E-state index contributed by atoms with van der Waals surface area (Å²) in [5.74, 6) is -1.12. The monoisotopic (exact) mass is 269 g/mol. The molecule has 1 aromatic carbocycles. The molecule has 6 heteroatoms. The van der Waals surface area contributed by atoms with Crippen molar-refractivity contribution in [2.75, 3.05) is 0 Å². The highest BCUT2D eigenvalue weighted by atomic mass is 32.2. The highest BCUT2D eigenvalue weighted by Crippen LogP contribution is 2.22. The molecule has 1 aliphatic carbocycles. The zero-order valence-electron chi connectivity index (χ0n) is 10.0. The second-order valence-corrected chi connectivity index (χ2v) is 6.24. The van der Waals surface area contributed by atoms with Crippen LogP contribution in [0.3, 0.4) is 0 Å². The van der Waals surface area contributed by atoms with Gasteiger partial charge in [-0.1, -0.05) is 12.5 Å². The lowest BCUT2D eigenvalue weighted by Crippen LogP contribution is -2.39. The second kappa shape index (κ2) is 4.70. The minimum absolute atomic E-state index is 0.00965. The lowest BCUT2D eigenvalue weighted by Gasteiger charge is -2.26. The van der Waals surface area contributed by atoms with Crippen LogP contribution in [0.4, 0.5) is 0 Å². The average molecular weight is 269 g/mol. The van der Waals surface area contributed by atoms with E-state index in [0.717, 1.165) is 19.3 Å². The van der Waals surface area contributed by atoms with Crippen molar-refractivity contribution in [2.45, 2.75) is 37.1 Å². The Bertz CT molecular complexity index is 576. The van der Waals surface area contributed by atoms with Gasteiger partial charge in [-0.15, -0.1) is 0 Å². The predicted octanol–water partition coefficient (Wildman–Crippen LogP) is 1.52. The molecule has 1 aromatic rings. The molecule has 98 valence electrons.